The zero-order chi connectivity index (χ0) is 13.0. The lowest BCUT2D eigenvalue weighted by atomic mass is 9.80. The van der Waals surface area contributed by atoms with Crippen LogP contribution in [0.4, 0.5) is 0 Å². The summed E-state index contributed by atoms with van der Waals surface area (Å²) in [4.78, 5) is 12.3. The molecule has 1 heterocycles. The maximum Gasteiger partial charge on any atom is 0.244 e. The SMILES string of the molecule is CN(N)C(=O)[C@@H](c1ccccc1)C1CCOCC1. The normalized spacial score (nSPS) is 18.3. The van der Waals surface area contributed by atoms with Gasteiger partial charge in [-0.05, 0) is 24.3 Å². The van der Waals surface area contributed by atoms with E-state index in [9.17, 15) is 4.79 Å². The van der Waals surface area contributed by atoms with Gasteiger partial charge in [0.2, 0.25) is 5.91 Å². The molecular weight excluding hydrogens is 228 g/mol. The molecule has 1 atom stereocenters. The Morgan fingerprint density at radius 3 is 2.50 bits per heavy atom. The van der Waals surface area contributed by atoms with E-state index in [-0.39, 0.29) is 11.8 Å². The van der Waals surface area contributed by atoms with Crippen LogP contribution in [0.15, 0.2) is 30.3 Å². The molecule has 0 unspecified atom stereocenters. The fourth-order valence-electron chi connectivity index (χ4n) is 2.55. The molecule has 1 amide bonds. The minimum Gasteiger partial charge on any atom is -0.381 e. The molecule has 1 fully saturated rings. The van der Waals surface area contributed by atoms with Gasteiger partial charge in [0.05, 0.1) is 5.92 Å². The number of hydrogen-bond acceptors (Lipinski definition) is 3. The summed E-state index contributed by atoms with van der Waals surface area (Å²) in [5, 5.41) is 1.20. The zero-order valence-electron chi connectivity index (χ0n) is 10.7. The largest absolute Gasteiger partial charge is 0.381 e. The van der Waals surface area contributed by atoms with Gasteiger partial charge in [0.1, 0.15) is 0 Å². The number of amides is 1. The molecule has 1 aromatic rings. The molecule has 0 saturated carbocycles. The summed E-state index contributed by atoms with van der Waals surface area (Å²) >= 11 is 0. The first kappa shape index (κ1) is 13.1. The first-order chi connectivity index (χ1) is 8.70. The third-order valence-corrected chi connectivity index (χ3v) is 3.51. The van der Waals surface area contributed by atoms with Crippen LogP contribution >= 0.6 is 0 Å². The van der Waals surface area contributed by atoms with Gasteiger partial charge >= 0.3 is 0 Å². The Morgan fingerprint density at radius 1 is 1.33 bits per heavy atom. The van der Waals surface area contributed by atoms with Crippen molar-refractivity contribution >= 4 is 5.91 Å². The number of ether oxygens (including phenoxy) is 1. The van der Waals surface area contributed by atoms with Crippen LogP contribution in [0.2, 0.25) is 0 Å². The van der Waals surface area contributed by atoms with E-state index in [4.69, 9.17) is 10.6 Å². The Kier molecular flexibility index (Phi) is 4.33. The maximum atomic E-state index is 12.3. The van der Waals surface area contributed by atoms with Crippen molar-refractivity contribution in [2.24, 2.45) is 11.8 Å². The molecular formula is C14H20N2O2. The summed E-state index contributed by atoms with van der Waals surface area (Å²) in [5.74, 6) is 5.78. The molecule has 4 heteroatoms. The van der Waals surface area contributed by atoms with Gasteiger partial charge in [-0.2, -0.15) is 0 Å². The van der Waals surface area contributed by atoms with Crippen LogP contribution in [-0.2, 0) is 9.53 Å². The summed E-state index contributed by atoms with van der Waals surface area (Å²) in [7, 11) is 1.61. The Balaban J connectivity index is 2.25. The van der Waals surface area contributed by atoms with Crippen LogP contribution < -0.4 is 5.84 Å². The number of hydrazine groups is 1. The second-order valence-electron chi connectivity index (χ2n) is 4.79. The Bertz CT molecular complexity index is 386. The van der Waals surface area contributed by atoms with Crippen LogP contribution in [-0.4, -0.2) is 31.2 Å². The number of hydrogen-bond donors (Lipinski definition) is 1. The van der Waals surface area contributed by atoms with Gasteiger partial charge in [0.15, 0.2) is 0 Å². The van der Waals surface area contributed by atoms with Crippen molar-refractivity contribution in [1.29, 1.82) is 0 Å². The predicted octanol–water partition coefficient (Wildman–Crippen LogP) is 1.53. The van der Waals surface area contributed by atoms with Crippen LogP contribution in [0.1, 0.15) is 24.3 Å². The highest BCUT2D eigenvalue weighted by molar-refractivity contribution is 5.83. The third kappa shape index (κ3) is 2.89. The summed E-state index contributed by atoms with van der Waals surface area (Å²) in [6, 6.07) is 9.89. The molecule has 0 spiro atoms. The molecule has 1 saturated heterocycles. The van der Waals surface area contributed by atoms with E-state index in [0.29, 0.717) is 5.92 Å². The van der Waals surface area contributed by atoms with Gasteiger partial charge in [0.25, 0.3) is 0 Å². The lowest BCUT2D eigenvalue weighted by Crippen LogP contribution is -2.40. The number of carbonyl (C=O) groups is 1. The van der Waals surface area contributed by atoms with Gasteiger partial charge in [0, 0.05) is 20.3 Å². The number of rotatable bonds is 3. The highest BCUT2D eigenvalue weighted by Crippen LogP contribution is 2.33. The number of likely N-dealkylation sites (N-methyl/N-ethyl adjacent to an activating group) is 1. The van der Waals surface area contributed by atoms with Gasteiger partial charge in [-0.1, -0.05) is 30.3 Å². The van der Waals surface area contributed by atoms with Crippen molar-refractivity contribution in [3.05, 3.63) is 35.9 Å². The first-order valence-corrected chi connectivity index (χ1v) is 6.35. The summed E-state index contributed by atoms with van der Waals surface area (Å²) in [5.41, 5.74) is 1.05. The van der Waals surface area contributed by atoms with Crippen molar-refractivity contribution in [1.82, 2.24) is 5.01 Å². The molecule has 0 radical (unpaired) electrons. The molecule has 98 valence electrons. The van der Waals surface area contributed by atoms with E-state index in [0.717, 1.165) is 31.6 Å². The number of nitrogens with zero attached hydrogens (tertiary/aromatic N) is 1. The van der Waals surface area contributed by atoms with Gasteiger partial charge in [-0.15, -0.1) is 0 Å². The smallest absolute Gasteiger partial charge is 0.244 e. The van der Waals surface area contributed by atoms with Gasteiger partial charge in [-0.3, -0.25) is 9.80 Å². The van der Waals surface area contributed by atoms with E-state index in [2.05, 4.69) is 0 Å². The second-order valence-corrected chi connectivity index (χ2v) is 4.79. The molecule has 1 aliphatic rings. The van der Waals surface area contributed by atoms with E-state index in [1.807, 2.05) is 30.3 Å². The molecule has 1 aliphatic heterocycles. The van der Waals surface area contributed by atoms with Crippen LogP contribution in [0.3, 0.4) is 0 Å². The standard InChI is InChI=1S/C14H20N2O2/c1-16(15)14(17)13(11-5-3-2-4-6-11)12-7-9-18-10-8-12/h2-6,12-13H,7-10,15H2,1H3/t13-/m0/s1. The van der Waals surface area contributed by atoms with Crippen LogP contribution in [0.25, 0.3) is 0 Å². The fourth-order valence-corrected chi connectivity index (χ4v) is 2.55. The van der Waals surface area contributed by atoms with Crippen LogP contribution in [0, 0.1) is 5.92 Å². The molecule has 4 nitrogen and oxygen atoms in total. The molecule has 1 aromatic carbocycles. The molecule has 0 aromatic heterocycles. The molecule has 18 heavy (non-hydrogen) atoms. The zero-order valence-corrected chi connectivity index (χ0v) is 10.7. The highest BCUT2D eigenvalue weighted by Gasteiger charge is 2.32. The molecule has 0 bridgehead atoms. The molecule has 2 rings (SSSR count). The summed E-state index contributed by atoms with van der Waals surface area (Å²) in [6.45, 7) is 1.46. The average Bonchev–Trinajstić information content (AvgIpc) is 2.41. The number of benzene rings is 1. The van der Waals surface area contributed by atoms with E-state index < -0.39 is 0 Å². The van der Waals surface area contributed by atoms with E-state index in [1.165, 1.54) is 5.01 Å². The highest BCUT2D eigenvalue weighted by atomic mass is 16.5. The monoisotopic (exact) mass is 248 g/mol. The lowest BCUT2D eigenvalue weighted by molar-refractivity contribution is -0.134. The quantitative estimate of drug-likeness (QED) is 0.501. The van der Waals surface area contributed by atoms with E-state index >= 15 is 0 Å². The molecule has 0 aliphatic carbocycles. The number of nitrogens with two attached hydrogens (primary N) is 1. The third-order valence-electron chi connectivity index (χ3n) is 3.51. The minimum absolute atomic E-state index is 0.0203. The van der Waals surface area contributed by atoms with E-state index in [1.54, 1.807) is 7.05 Å². The van der Waals surface area contributed by atoms with Crippen molar-refractivity contribution < 1.29 is 9.53 Å². The fraction of sp³-hybridized carbons (Fsp3) is 0.500. The predicted molar refractivity (Wildman–Crippen MR) is 69.7 cm³/mol. The maximum absolute atomic E-state index is 12.3. The summed E-state index contributed by atoms with van der Waals surface area (Å²) < 4.78 is 5.37. The molecule has 2 N–H and O–H groups in total. The second kappa shape index (κ2) is 5.98. The minimum atomic E-state index is -0.148. The Morgan fingerprint density at radius 2 is 1.94 bits per heavy atom. The number of carbonyl (C=O) groups excluding carboxylic acids is 1. The summed E-state index contributed by atoms with van der Waals surface area (Å²) in [6.07, 6.45) is 1.83. The Labute approximate surface area is 108 Å². The van der Waals surface area contributed by atoms with Crippen molar-refractivity contribution in [2.45, 2.75) is 18.8 Å². The van der Waals surface area contributed by atoms with Gasteiger partial charge < -0.3 is 4.74 Å². The van der Waals surface area contributed by atoms with Crippen molar-refractivity contribution in [3.63, 3.8) is 0 Å². The van der Waals surface area contributed by atoms with Crippen molar-refractivity contribution in [2.75, 3.05) is 20.3 Å². The van der Waals surface area contributed by atoms with Crippen molar-refractivity contribution in [3.8, 4) is 0 Å². The average molecular weight is 248 g/mol. The van der Waals surface area contributed by atoms with Gasteiger partial charge in [-0.25, -0.2) is 5.84 Å². The lowest BCUT2D eigenvalue weighted by Gasteiger charge is -2.31. The topological polar surface area (TPSA) is 55.6 Å². The Hall–Kier alpha value is -1.39. The van der Waals surface area contributed by atoms with Crippen LogP contribution in [0.5, 0.6) is 0 Å². The first-order valence-electron chi connectivity index (χ1n) is 6.35.